The highest BCUT2D eigenvalue weighted by Crippen LogP contribution is 2.10. The average Bonchev–Trinajstić information content (AvgIpc) is 2.17. The molecule has 0 saturated carbocycles. The van der Waals surface area contributed by atoms with Gasteiger partial charge in [0.15, 0.2) is 0 Å². The highest BCUT2D eigenvalue weighted by molar-refractivity contribution is 5.73. The van der Waals surface area contributed by atoms with Gasteiger partial charge in [0.05, 0.1) is 0 Å². The van der Waals surface area contributed by atoms with E-state index in [0.717, 1.165) is 5.39 Å². The number of aromatic nitrogens is 3. The molecule has 0 spiro atoms. The van der Waals surface area contributed by atoms with Crippen molar-refractivity contribution in [2.45, 2.75) is 19.9 Å². The van der Waals surface area contributed by atoms with E-state index in [1.54, 1.807) is 22.9 Å². The van der Waals surface area contributed by atoms with Crippen molar-refractivity contribution >= 4 is 11.0 Å². The van der Waals surface area contributed by atoms with Crippen molar-refractivity contribution in [3.05, 3.63) is 35.0 Å². The van der Waals surface area contributed by atoms with Gasteiger partial charge >= 0.3 is 0 Å². The molecule has 4 nitrogen and oxygen atoms in total. The topological polar surface area (TPSA) is 47.8 Å². The van der Waals surface area contributed by atoms with Crippen molar-refractivity contribution in [3.8, 4) is 0 Å². The van der Waals surface area contributed by atoms with E-state index < -0.39 is 0 Å². The molecular weight excluding hydrogens is 178 g/mol. The lowest BCUT2D eigenvalue weighted by Crippen LogP contribution is -2.21. The molecule has 0 aliphatic rings. The summed E-state index contributed by atoms with van der Waals surface area (Å²) in [6.07, 6.45) is 3.17. The lowest BCUT2D eigenvalue weighted by atomic mass is 10.3. The monoisotopic (exact) mass is 189 g/mol. The molecule has 0 atom stereocenters. The van der Waals surface area contributed by atoms with Crippen molar-refractivity contribution in [2.75, 3.05) is 0 Å². The van der Waals surface area contributed by atoms with Crippen LogP contribution in [0.2, 0.25) is 0 Å². The smallest absolute Gasteiger partial charge is 0.252 e. The van der Waals surface area contributed by atoms with Gasteiger partial charge in [-0.3, -0.25) is 9.36 Å². The SMILES string of the molecule is CC(C)n1c(=O)ccc2cncnc21. The molecule has 0 N–H and O–H groups in total. The Morgan fingerprint density at radius 1 is 1.36 bits per heavy atom. The summed E-state index contributed by atoms with van der Waals surface area (Å²) in [5, 5.41) is 0.890. The van der Waals surface area contributed by atoms with Crippen LogP contribution >= 0.6 is 0 Å². The second-order valence-electron chi connectivity index (χ2n) is 3.44. The van der Waals surface area contributed by atoms with Crippen LogP contribution in [-0.4, -0.2) is 14.5 Å². The lowest BCUT2D eigenvalue weighted by molar-refractivity contribution is 0.595. The Bertz CT molecular complexity index is 516. The molecule has 0 radical (unpaired) electrons. The molecule has 0 fully saturated rings. The number of hydrogen-bond acceptors (Lipinski definition) is 3. The van der Waals surface area contributed by atoms with Gasteiger partial charge in [-0.05, 0) is 19.9 Å². The summed E-state index contributed by atoms with van der Waals surface area (Å²) in [5.41, 5.74) is 0.675. The van der Waals surface area contributed by atoms with Crippen molar-refractivity contribution in [1.82, 2.24) is 14.5 Å². The van der Waals surface area contributed by atoms with E-state index in [0.29, 0.717) is 5.65 Å². The Morgan fingerprint density at radius 3 is 2.86 bits per heavy atom. The van der Waals surface area contributed by atoms with Gasteiger partial charge in [-0.1, -0.05) is 0 Å². The van der Waals surface area contributed by atoms with Crippen LogP contribution < -0.4 is 5.56 Å². The first kappa shape index (κ1) is 8.87. The van der Waals surface area contributed by atoms with Crippen LogP contribution in [0.3, 0.4) is 0 Å². The maximum Gasteiger partial charge on any atom is 0.252 e. The first-order chi connectivity index (χ1) is 6.70. The Kier molecular flexibility index (Phi) is 2.04. The zero-order valence-corrected chi connectivity index (χ0v) is 8.14. The Balaban J connectivity index is 2.90. The number of hydrogen-bond donors (Lipinski definition) is 0. The van der Waals surface area contributed by atoms with Crippen LogP contribution in [0.15, 0.2) is 29.5 Å². The highest BCUT2D eigenvalue weighted by atomic mass is 16.1. The van der Waals surface area contributed by atoms with Gasteiger partial charge in [0.25, 0.3) is 5.56 Å². The highest BCUT2D eigenvalue weighted by Gasteiger charge is 2.06. The predicted molar refractivity (Wildman–Crippen MR) is 54.2 cm³/mol. The van der Waals surface area contributed by atoms with E-state index >= 15 is 0 Å². The summed E-state index contributed by atoms with van der Waals surface area (Å²) in [7, 11) is 0. The second-order valence-corrected chi connectivity index (χ2v) is 3.44. The van der Waals surface area contributed by atoms with Gasteiger partial charge in [0.2, 0.25) is 0 Å². The Morgan fingerprint density at radius 2 is 2.14 bits per heavy atom. The summed E-state index contributed by atoms with van der Waals surface area (Å²) in [4.78, 5) is 19.6. The fraction of sp³-hybridized carbons (Fsp3) is 0.300. The standard InChI is InChI=1S/C10H11N3O/c1-7(2)13-9(14)4-3-8-5-11-6-12-10(8)13/h3-7H,1-2H3. The van der Waals surface area contributed by atoms with Gasteiger partial charge in [0, 0.05) is 23.7 Å². The average molecular weight is 189 g/mol. The van der Waals surface area contributed by atoms with Crippen LogP contribution in [-0.2, 0) is 0 Å². The molecule has 14 heavy (non-hydrogen) atoms. The van der Waals surface area contributed by atoms with Crippen molar-refractivity contribution in [2.24, 2.45) is 0 Å². The number of rotatable bonds is 1. The van der Waals surface area contributed by atoms with Crippen molar-refractivity contribution in [3.63, 3.8) is 0 Å². The molecule has 4 heteroatoms. The first-order valence-corrected chi connectivity index (χ1v) is 4.51. The van der Waals surface area contributed by atoms with Crippen LogP contribution in [0.25, 0.3) is 11.0 Å². The van der Waals surface area contributed by atoms with Gasteiger partial charge in [-0.2, -0.15) is 0 Å². The Labute approximate surface area is 81.2 Å². The minimum Gasteiger partial charge on any atom is -0.290 e. The summed E-state index contributed by atoms with van der Waals surface area (Å²) < 4.78 is 1.66. The zero-order valence-electron chi connectivity index (χ0n) is 8.14. The molecule has 0 aromatic carbocycles. The normalized spacial score (nSPS) is 11.1. The third-order valence-electron chi connectivity index (χ3n) is 2.11. The number of fused-ring (bicyclic) bond motifs is 1. The molecule has 0 unspecified atom stereocenters. The van der Waals surface area contributed by atoms with E-state index in [4.69, 9.17) is 0 Å². The van der Waals surface area contributed by atoms with Crippen LogP contribution in [0.4, 0.5) is 0 Å². The van der Waals surface area contributed by atoms with E-state index in [9.17, 15) is 4.79 Å². The maximum atomic E-state index is 11.6. The lowest BCUT2D eigenvalue weighted by Gasteiger charge is -2.11. The predicted octanol–water partition coefficient (Wildman–Crippen LogP) is 1.37. The molecule has 2 aromatic heterocycles. The van der Waals surface area contributed by atoms with Gasteiger partial charge in [-0.15, -0.1) is 0 Å². The van der Waals surface area contributed by atoms with Gasteiger partial charge in [0.1, 0.15) is 12.0 Å². The fourth-order valence-electron chi connectivity index (χ4n) is 1.50. The fourth-order valence-corrected chi connectivity index (χ4v) is 1.50. The summed E-state index contributed by atoms with van der Waals surface area (Å²) in [6, 6.07) is 3.41. The molecule has 0 amide bonds. The van der Waals surface area contributed by atoms with Crippen molar-refractivity contribution < 1.29 is 0 Å². The van der Waals surface area contributed by atoms with Crippen LogP contribution in [0.5, 0.6) is 0 Å². The molecule has 0 aliphatic heterocycles. The molecule has 0 bridgehead atoms. The third kappa shape index (κ3) is 1.28. The second kappa shape index (κ2) is 3.21. The van der Waals surface area contributed by atoms with Gasteiger partial charge < -0.3 is 0 Å². The van der Waals surface area contributed by atoms with E-state index in [2.05, 4.69) is 9.97 Å². The van der Waals surface area contributed by atoms with Crippen LogP contribution in [0.1, 0.15) is 19.9 Å². The molecular formula is C10H11N3O. The van der Waals surface area contributed by atoms with E-state index in [1.165, 1.54) is 6.33 Å². The van der Waals surface area contributed by atoms with E-state index in [1.807, 2.05) is 13.8 Å². The number of pyridine rings is 1. The molecule has 2 aromatic rings. The molecule has 0 saturated heterocycles. The largest absolute Gasteiger partial charge is 0.290 e. The first-order valence-electron chi connectivity index (χ1n) is 4.51. The summed E-state index contributed by atoms with van der Waals surface area (Å²) >= 11 is 0. The van der Waals surface area contributed by atoms with Crippen LogP contribution in [0, 0.1) is 0 Å². The number of nitrogens with zero attached hydrogens (tertiary/aromatic N) is 3. The quantitative estimate of drug-likeness (QED) is 0.680. The minimum absolute atomic E-state index is 0.0220. The Hall–Kier alpha value is -1.71. The third-order valence-corrected chi connectivity index (χ3v) is 2.11. The maximum absolute atomic E-state index is 11.6. The minimum atomic E-state index is -0.0220. The van der Waals surface area contributed by atoms with Gasteiger partial charge in [-0.25, -0.2) is 9.97 Å². The zero-order chi connectivity index (χ0) is 10.1. The van der Waals surface area contributed by atoms with E-state index in [-0.39, 0.29) is 11.6 Å². The molecule has 72 valence electrons. The summed E-state index contributed by atoms with van der Waals surface area (Å²) in [6.45, 7) is 3.92. The molecule has 0 aliphatic carbocycles. The molecule has 2 rings (SSSR count). The molecule has 2 heterocycles. The summed E-state index contributed by atoms with van der Waals surface area (Å²) in [5.74, 6) is 0. The van der Waals surface area contributed by atoms with Crippen molar-refractivity contribution in [1.29, 1.82) is 0 Å².